The van der Waals surface area contributed by atoms with Gasteiger partial charge in [-0.1, -0.05) is 49.4 Å². The molecule has 0 fully saturated rings. The summed E-state index contributed by atoms with van der Waals surface area (Å²) >= 11 is 0. The number of aryl methyl sites for hydroxylation is 1. The quantitative estimate of drug-likeness (QED) is 0.692. The van der Waals surface area contributed by atoms with Gasteiger partial charge in [0.2, 0.25) is 0 Å². The molecule has 0 spiro atoms. The van der Waals surface area contributed by atoms with Crippen LogP contribution in [-0.2, 0) is 6.42 Å². The van der Waals surface area contributed by atoms with Crippen molar-refractivity contribution in [1.82, 2.24) is 0 Å². The fraction of sp³-hybridized carbons (Fsp3) is 0.111. The van der Waals surface area contributed by atoms with Crippen LogP contribution in [0.25, 0.3) is 21.9 Å². The summed E-state index contributed by atoms with van der Waals surface area (Å²) in [6.07, 6.45) is 0.973. The maximum absolute atomic E-state index is 10.1. The summed E-state index contributed by atoms with van der Waals surface area (Å²) in [7, 11) is 0. The number of phenolic OH excluding ortho intramolecular Hbond substituents is 1. The first kappa shape index (κ1) is 11.8. The van der Waals surface area contributed by atoms with Crippen molar-refractivity contribution in [2.24, 2.45) is 0 Å². The SMILES string of the molecule is CCc1ccc(O)c(-c2ccc3ccccc3c2)c1. The highest BCUT2D eigenvalue weighted by atomic mass is 16.3. The summed E-state index contributed by atoms with van der Waals surface area (Å²) in [5.74, 6) is 0.340. The maximum atomic E-state index is 10.1. The lowest BCUT2D eigenvalue weighted by molar-refractivity contribution is 0.477. The second-order valence-electron chi connectivity index (χ2n) is 4.77. The van der Waals surface area contributed by atoms with Crippen molar-refractivity contribution in [2.45, 2.75) is 13.3 Å². The molecule has 3 aromatic rings. The predicted octanol–water partition coefficient (Wildman–Crippen LogP) is 4.77. The highest BCUT2D eigenvalue weighted by Gasteiger charge is 2.06. The van der Waals surface area contributed by atoms with E-state index in [9.17, 15) is 5.11 Å². The number of rotatable bonds is 2. The van der Waals surface area contributed by atoms with E-state index in [1.165, 1.54) is 16.3 Å². The zero-order chi connectivity index (χ0) is 13.2. The lowest BCUT2D eigenvalue weighted by Crippen LogP contribution is -1.84. The fourth-order valence-corrected chi connectivity index (χ4v) is 2.39. The molecule has 0 heterocycles. The molecule has 1 nitrogen and oxygen atoms in total. The Kier molecular flexibility index (Phi) is 2.96. The van der Waals surface area contributed by atoms with Crippen LogP contribution in [0.5, 0.6) is 5.75 Å². The molecular formula is C18H16O. The van der Waals surface area contributed by atoms with E-state index < -0.39 is 0 Å². The molecule has 0 saturated heterocycles. The normalized spacial score (nSPS) is 10.8. The third-order valence-electron chi connectivity index (χ3n) is 3.53. The number of fused-ring (bicyclic) bond motifs is 1. The second-order valence-corrected chi connectivity index (χ2v) is 4.77. The van der Waals surface area contributed by atoms with Crippen molar-refractivity contribution < 1.29 is 5.11 Å². The van der Waals surface area contributed by atoms with Gasteiger partial charge in [-0.25, -0.2) is 0 Å². The van der Waals surface area contributed by atoms with Gasteiger partial charge in [0.25, 0.3) is 0 Å². The van der Waals surface area contributed by atoms with Crippen LogP contribution in [-0.4, -0.2) is 5.11 Å². The van der Waals surface area contributed by atoms with Gasteiger partial charge < -0.3 is 5.11 Å². The van der Waals surface area contributed by atoms with Crippen molar-refractivity contribution in [3.05, 3.63) is 66.2 Å². The zero-order valence-corrected chi connectivity index (χ0v) is 10.9. The van der Waals surface area contributed by atoms with Crippen molar-refractivity contribution in [2.75, 3.05) is 0 Å². The van der Waals surface area contributed by atoms with Gasteiger partial charge in [-0.15, -0.1) is 0 Å². The number of benzene rings is 3. The molecule has 0 amide bonds. The Hall–Kier alpha value is -2.28. The molecule has 0 aliphatic heterocycles. The fourth-order valence-electron chi connectivity index (χ4n) is 2.39. The van der Waals surface area contributed by atoms with E-state index in [-0.39, 0.29) is 0 Å². The second kappa shape index (κ2) is 4.77. The third-order valence-corrected chi connectivity index (χ3v) is 3.53. The Morgan fingerprint density at radius 1 is 0.842 bits per heavy atom. The lowest BCUT2D eigenvalue weighted by atomic mass is 9.98. The molecule has 0 radical (unpaired) electrons. The molecule has 3 aromatic carbocycles. The van der Waals surface area contributed by atoms with E-state index in [1.807, 2.05) is 18.2 Å². The van der Waals surface area contributed by atoms with Crippen molar-refractivity contribution in [3.63, 3.8) is 0 Å². The molecule has 0 aliphatic rings. The molecule has 0 bridgehead atoms. The van der Waals surface area contributed by atoms with E-state index >= 15 is 0 Å². The highest BCUT2D eigenvalue weighted by Crippen LogP contribution is 2.32. The Balaban J connectivity index is 2.18. The molecule has 0 saturated carbocycles. The van der Waals surface area contributed by atoms with Gasteiger partial charge in [0.1, 0.15) is 5.75 Å². The van der Waals surface area contributed by atoms with E-state index in [2.05, 4.69) is 43.3 Å². The van der Waals surface area contributed by atoms with Crippen LogP contribution in [0.3, 0.4) is 0 Å². The minimum absolute atomic E-state index is 0.340. The first-order chi connectivity index (χ1) is 9.28. The third kappa shape index (κ3) is 2.19. The monoisotopic (exact) mass is 248 g/mol. The number of hydrogen-bond acceptors (Lipinski definition) is 1. The predicted molar refractivity (Wildman–Crippen MR) is 80.4 cm³/mol. The van der Waals surface area contributed by atoms with E-state index in [4.69, 9.17) is 0 Å². The molecule has 0 unspecified atom stereocenters. The summed E-state index contributed by atoms with van der Waals surface area (Å²) in [5, 5.41) is 12.5. The molecule has 1 heteroatoms. The largest absolute Gasteiger partial charge is 0.507 e. The maximum Gasteiger partial charge on any atom is 0.123 e. The molecule has 0 aromatic heterocycles. The minimum Gasteiger partial charge on any atom is -0.507 e. The Bertz CT molecular complexity index is 729. The standard InChI is InChI=1S/C18H16O/c1-2-13-7-10-18(19)17(11-13)16-9-8-14-5-3-4-6-15(14)12-16/h3-12,19H,2H2,1H3. The Morgan fingerprint density at radius 3 is 2.42 bits per heavy atom. The van der Waals surface area contributed by atoms with Crippen LogP contribution in [0, 0.1) is 0 Å². The number of hydrogen-bond donors (Lipinski definition) is 1. The van der Waals surface area contributed by atoms with Crippen molar-refractivity contribution >= 4 is 10.8 Å². The Morgan fingerprint density at radius 2 is 1.63 bits per heavy atom. The van der Waals surface area contributed by atoms with Crippen LogP contribution in [0.4, 0.5) is 0 Å². The van der Waals surface area contributed by atoms with Crippen molar-refractivity contribution in [3.8, 4) is 16.9 Å². The topological polar surface area (TPSA) is 20.2 Å². The van der Waals surface area contributed by atoms with Crippen LogP contribution in [0.2, 0.25) is 0 Å². The van der Waals surface area contributed by atoms with E-state index in [0.29, 0.717) is 5.75 Å². The summed E-state index contributed by atoms with van der Waals surface area (Å²) < 4.78 is 0. The van der Waals surface area contributed by atoms with Crippen LogP contribution in [0.1, 0.15) is 12.5 Å². The average Bonchev–Trinajstić information content (AvgIpc) is 2.47. The average molecular weight is 248 g/mol. The Labute approximate surface area is 113 Å². The molecule has 3 rings (SSSR count). The van der Waals surface area contributed by atoms with Gasteiger partial charge in [-0.2, -0.15) is 0 Å². The summed E-state index contributed by atoms with van der Waals surface area (Å²) in [6, 6.07) is 20.4. The number of phenols is 1. The van der Waals surface area contributed by atoms with Crippen LogP contribution >= 0.6 is 0 Å². The highest BCUT2D eigenvalue weighted by molar-refractivity contribution is 5.88. The molecular weight excluding hydrogens is 232 g/mol. The zero-order valence-electron chi connectivity index (χ0n) is 10.9. The van der Waals surface area contributed by atoms with Gasteiger partial charge in [0.15, 0.2) is 0 Å². The first-order valence-corrected chi connectivity index (χ1v) is 6.59. The van der Waals surface area contributed by atoms with E-state index in [1.54, 1.807) is 6.07 Å². The first-order valence-electron chi connectivity index (χ1n) is 6.59. The summed E-state index contributed by atoms with van der Waals surface area (Å²) in [6.45, 7) is 2.12. The lowest BCUT2D eigenvalue weighted by Gasteiger charge is -2.08. The minimum atomic E-state index is 0.340. The molecule has 19 heavy (non-hydrogen) atoms. The molecule has 0 atom stereocenters. The van der Waals surface area contributed by atoms with Crippen LogP contribution < -0.4 is 0 Å². The van der Waals surface area contributed by atoms with Gasteiger partial charge in [-0.05, 0) is 46.5 Å². The molecule has 94 valence electrons. The molecule has 0 aliphatic carbocycles. The smallest absolute Gasteiger partial charge is 0.123 e. The summed E-state index contributed by atoms with van der Waals surface area (Å²) in [4.78, 5) is 0. The van der Waals surface area contributed by atoms with Gasteiger partial charge in [0, 0.05) is 5.56 Å². The van der Waals surface area contributed by atoms with Crippen LogP contribution in [0.15, 0.2) is 60.7 Å². The van der Waals surface area contributed by atoms with Crippen molar-refractivity contribution in [1.29, 1.82) is 0 Å². The van der Waals surface area contributed by atoms with Gasteiger partial charge >= 0.3 is 0 Å². The van der Waals surface area contributed by atoms with Gasteiger partial charge in [0.05, 0.1) is 0 Å². The molecule has 1 N–H and O–H groups in total. The number of aromatic hydroxyl groups is 1. The van der Waals surface area contributed by atoms with Gasteiger partial charge in [-0.3, -0.25) is 0 Å². The van der Waals surface area contributed by atoms with E-state index in [0.717, 1.165) is 17.5 Å². The summed E-state index contributed by atoms with van der Waals surface area (Å²) in [5.41, 5.74) is 3.21.